The zero-order chi connectivity index (χ0) is 13.3. The monoisotopic (exact) mass is 250 g/mol. The fourth-order valence-electron chi connectivity index (χ4n) is 2.92. The van der Waals surface area contributed by atoms with Crippen LogP contribution in [0.4, 0.5) is 0 Å². The Morgan fingerprint density at radius 2 is 2.11 bits per heavy atom. The molecule has 1 fully saturated rings. The van der Waals surface area contributed by atoms with E-state index < -0.39 is 5.60 Å². The normalized spacial score (nSPS) is 22.8. The van der Waals surface area contributed by atoms with Gasteiger partial charge in [0.1, 0.15) is 5.75 Å². The van der Waals surface area contributed by atoms with E-state index in [4.69, 9.17) is 9.47 Å². The summed E-state index contributed by atoms with van der Waals surface area (Å²) in [5.74, 6) is 0.900. The smallest absolute Gasteiger partial charge is 0.125 e. The molecule has 0 saturated carbocycles. The second-order valence-electron chi connectivity index (χ2n) is 5.37. The molecule has 2 atom stereocenters. The molecule has 0 radical (unpaired) electrons. The minimum Gasteiger partial charge on any atom is -0.496 e. The second kappa shape index (κ2) is 4.90. The predicted molar refractivity (Wildman–Crippen MR) is 71.0 cm³/mol. The van der Waals surface area contributed by atoms with Gasteiger partial charge in [-0.1, -0.05) is 6.07 Å². The number of hydrogen-bond donors (Lipinski definition) is 1. The molecule has 0 aromatic heterocycles. The third kappa shape index (κ3) is 2.25. The lowest BCUT2D eigenvalue weighted by Gasteiger charge is -2.32. The van der Waals surface area contributed by atoms with Gasteiger partial charge < -0.3 is 14.6 Å². The van der Waals surface area contributed by atoms with Gasteiger partial charge in [0.05, 0.1) is 19.3 Å². The first-order chi connectivity index (χ1) is 8.46. The maximum atomic E-state index is 10.9. The van der Waals surface area contributed by atoms with Crippen LogP contribution in [0.1, 0.15) is 30.0 Å². The van der Waals surface area contributed by atoms with Crippen LogP contribution >= 0.6 is 0 Å². The lowest BCUT2D eigenvalue weighted by molar-refractivity contribution is -0.0120. The highest BCUT2D eigenvalue weighted by Crippen LogP contribution is 2.41. The predicted octanol–water partition coefficient (Wildman–Crippen LogP) is 2.56. The zero-order valence-corrected chi connectivity index (χ0v) is 11.6. The van der Waals surface area contributed by atoms with Gasteiger partial charge in [-0.3, -0.25) is 0 Å². The Balaban J connectivity index is 2.48. The first kappa shape index (κ1) is 13.4. The Hall–Kier alpha value is -1.06. The fourth-order valence-corrected chi connectivity index (χ4v) is 2.92. The van der Waals surface area contributed by atoms with Gasteiger partial charge in [0.15, 0.2) is 0 Å². The highest BCUT2D eigenvalue weighted by atomic mass is 16.5. The molecule has 0 amide bonds. The third-order valence-corrected chi connectivity index (χ3v) is 3.89. The largest absolute Gasteiger partial charge is 0.496 e. The molecular formula is C15H22O3. The van der Waals surface area contributed by atoms with Gasteiger partial charge in [-0.15, -0.1) is 0 Å². The van der Waals surface area contributed by atoms with Crippen molar-refractivity contribution in [1.29, 1.82) is 0 Å². The lowest BCUT2D eigenvalue weighted by atomic mass is 9.79. The van der Waals surface area contributed by atoms with Crippen molar-refractivity contribution in [1.82, 2.24) is 0 Å². The molecule has 1 saturated heterocycles. The van der Waals surface area contributed by atoms with E-state index in [1.807, 2.05) is 26.8 Å². The molecule has 1 aromatic rings. The van der Waals surface area contributed by atoms with Crippen molar-refractivity contribution in [2.45, 2.75) is 32.8 Å². The van der Waals surface area contributed by atoms with Crippen molar-refractivity contribution in [2.24, 2.45) is 5.92 Å². The van der Waals surface area contributed by atoms with Crippen LogP contribution in [-0.2, 0) is 10.3 Å². The average molecular weight is 250 g/mol. The van der Waals surface area contributed by atoms with Gasteiger partial charge in [0, 0.05) is 18.1 Å². The molecule has 100 valence electrons. The molecule has 2 rings (SSSR count). The van der Waals surface area contributed by atoms with Crippen LogP contribution in [0.2, 0.25) is 0 Å². The minimum atomic E-state index is -0.903. The number of benzene rings is 1. The summed E-state index contributed by atoms with van der Waals surface area (Å²) in [7, 11) is 1.65. The van der Waals surface area contributed by atoms with Crippen LogP contribution in [0.5, 0.6) is 5.75 Å². The van der Waals surface area contributed by atoms with E-state index in [0.29, 0.717) is 6.61 Å². The van der Waals surface area contributed by atoms with Crippen LogP contribution < -0.4 is 4.74 Å². The molecule has 1 heterocycles. The van der Waals surface area contributed by atoms with Crippen molar-refractivity contribution in [3.8, 4) is 5.75 Å². The van der Waals surface area contributed by atoms with E-state index in [2.05, 4.69) is 6.07 Å². The maximum Gasteiger partial charge on any atom is 0.125 e. The van der Waals surface area contributed by atoms with E-state index in [-0.39, 0.29) is 5.92 Å². The van der Waals surface area contributed by atoms with Crippen molar-refractivity contribution >= 4 is 0 Å². The highest BCUT2D eigenvalue weighted by Gasteiger charge is 2.39. The molecule has 0 aliphatic carbocycles. The number of rotatable bonds is 3. The van der Waals surface area contributed by atoms with Crippen LogP contribution in [0.3, 0.4) is 0 Å². The van der Waals surface area contributed by atoms with E-state index in [1.54, 1.807) is 7.11 Å². The molecular weight excluding hydrogens is 228 g/mol. The number of aryl methyl sites for hydroxylation is 2. The molecule has 2 unspecified atom stereocenters. The molecule has 0 spiro atoms. The van der Waals surface area contributed by atoms with E-state index >= 15 is 0 Å². The summed E-state index contributed by atoms with van der Waals surface area (Å²) >= 11 is 0. The number of methoxy groups -OCH3 is 1. The lowest BCUT2D eigenvalue weighted by Crippen LogP contribution is -2.33. The summed E-state index contributed by atoms with van der Waals surface area (Å²) in [5, 5.41) is 10.9. The van der Waals surface area contributed by atoms with Crippen molar-refractivity contribution in [3.05, 3.63) is 28.8 Å². The summed E-state index contributed by atoms with van der Waals surface area (Å²) in [6.45, 7) is 7.27. The van der Waals surface area contributed by atoms with Crippen LogP contribution in [0, 0.1) is 19.8 Å². The van der Waals surface area contributed by atoms with Gasteiger partial charge in [-0.25, -0.2) is 0 Å². The van der Waals surface area contributed by atoms with Crippen molar-refractivity contribution < 1.29 is 14.6 Å². The van der Waals surface area contributed by atoms with Gasteiger partial charge in [-0.05, 0) is 44.4 Å². The summed E-state index contributed by atoms with van der Waals surface area (Å²) in [6.07, 6.45) is 0.892. The fraction of sp³-hybridized carbons (Fsp3) is 0.600. The molecule has 1 aromatic carbocycles. The van der Waals surface area contributed by atoms with Crippen LogP contribution in [0.25, 0.3) is 0 Å². The Morgan fingerprint density at radius 1 is 1.39 bits per heavy atom. The maximum absolute atomic E-state index is 10.9. The summed E-state index contributed by atoms with van der Waals surface area (Å²) < 4.78 is 10.9. The molecule has 1 aliphatic rings. The minimum absolute atomic E-state index is 0.132. The molecule has 3 heteroatoms. The first-order valence-corrected chi connectivity index (χ1v) is 6.42. The van der Waals surface area contributed by atoms with Crippen LogP contribution in [0.15, 0.2) is 12.1 Å². The zero-order valence-electron chi connectivity index (χ0n) is 11.6. The average Bonchev–Trinajstić information content (AvgIpc) is 2.81. The second-order valence-corrected chi connectivity index (χ2v) is 5.37. The quantitative estimate of drug-likeness (QED) is 0.896. The number of ether oxygens (including phenoxy) is 2. The Labute approximate surface area is 109 Å². The van der Waals surface area contributed by atoms with E-state index in [1.165, 1.54) is 0 Å². The number of hydrogen-bond acceptors (Lipinski definition) is 3. The van der Waals surface area contributed by atoms with Crippen LogP contribution in [-0.4, -0.2) is 25.4 Å². The molecule has 0 bridgehead atoms. The van der Waals surface area contributed by atoms with Gasteiger partial charge in [0.25, 0.3) is 0 Å². The Bertz CT molecular complexity index is 432. The van der Waals surface area contributed by atoms with Gasteiger partial charge in [0.2, 0.25) is 0 Å². The SMILES string of the molecule is COc1cc(C)cc(C)c1C(C)(O)C1CCOC1. The summed E-state index contributed by atoms with van der Waals surface area (Å²) in [6, 6.07) is 4.06. The first-order valence-electron chi connectivity index (χ1n) is 6.42. The van der Waals surface area contributed by atoms with Gasteiger partial charge in [-0.2, -0.15) is 0 Å². The topological polar surface area (TPSA) is 38.7 Å². The van der Waals surface area contributed by atoms with E-state index in [9.17, 15) is 5.11 Å². The van der Waals surface area contributed by atoms with E-state index in [0.717, 1.165) is 35.5 Å². The molecule has 1 aliphatic heterocycles. The molecule has 3 nitrogen and oxygen atoms in total. The molecule has 18 heavy (non-hydrogen) atoms. The van der Waals surface area contributed by atoms with Crippen molar-refractivity contribution in [3.63, 3.8) is 0 Å². The molecule has 1 N–H and O–H groups in total. The Morgan fingerprint density at radius 3 is 2.67 bits per heavy atom. The Kier molecular flexibility index (Phi) is 3.64. The summed E-state index contributed by atoms with van der Waals surface area (Å²) in [5.41, 5.74) is 2.21. The van der Waals surface area contributed by atoms with Gasteiger partial charge >= 0.3 is 0 Å². The van der Waals surface area contributed by atoms with Crippen molar-refractivity contribution in [2.75, 3.05) is 20.3 Å². The highest BCUT2D eigenvalue weighted by molar-refractivity contribution is 5.46. The summed E-state index contributed by atoms with van der Waals surface area (Å²) in [4.78, 5) is 0. The standard InChI is InChI=1S/C15H22O3/c1-10-7-11(2)14(13(8-10)17-4)15(3,16)12-5-6-18-9-12/h7-8,12,16H,5-6,9H2,1-4H3. The number of aliphatic hydroxyl groups is 1. The third-order valence-electron chi connectivity index (χ3n) is 3.89.